The molecule has 0 fully saturated rings. The number of thiophene rings is 1. The van der Waals surface area contributed by atoms with Crippen molar-refractivity contribution in [2.75, 3.05) is 32.6 Å². The summed E-state index contributed by atoms with van der Waals surface area (Å²) >= 11 is 0.910. The Morgan fingerprint density at radius 3 is 2.43 bits per heavy atom. The van der Waals surface area contributed by atoms with Crippen molar-refractivity contribution in [1.82, 2.24) is 10.2 Å². The quantitative estimate of drug-likeness (QED) is 0.485. The van der Waals surface area contributed by atoms with Crippen LogP contribution in [-0.4, -0.2) is 61.9 Å². The molecule has 12 heteroatoms. The number of likely N-dealkylation sites (N-methyl/N-ethyl adjacent to an activating group) is 1. The van der Waals surface area contributed by atoms with Crippen molar-refractivity contribution in [2.24, 2.45) is 0 Å². The number of halogens is 3. The summed E-state index contributed by atoms with van der Waals surface area (Å²) < 4.78 is 52.0. The van der Waals surface area contributed by atoms with Gasteiger partial charge in [-0.25, -0.2) is 9.59 Å². The number of nitrogens with zero attached hydrogens (tertiary/aromatic N) is 1. The third-order valence-electron chi connectivity index (χ3n) is 4.59. The molecule has 2 N–H and O–H groups in total. The summed E-state index contributed by atoms with van der Waals surface area (Å²) in [6.45, 7) is 3.38. The van der Waals surface area contributed by atoms with Crippen LogP contribution in [-0.2, 0) is 32.0 Å². The molecule has 2 heterocycles. The first-order valence-electron chi connectivity index (χ1n) is 9.25. The predicted molar refractivity (Wildman–Crippen MR) is 103 cm³/mol. The molecule has 1 amide bonds. The number of rotatable bonds is 7. The lowest BCUT2D eigenvalue weighted by Crippen LogP contribution is -2.69. The number of fused-ring (bicyclic) bond motifs is 1. The molecular formula is C18H24F3N3O5S. The highest BCUT2D eigenvalue weighted by atomic mass is 32.1. The van der Waals surface area contributed by atoms with Gasteiger partial charge in [-0.2, -0.15) is 13.2 Å². The standard InChI is InChI=1S/C18H24F3N3O5S/c1-5-12(25)22-17(18(19,20)21,16(27)29-6-2)23-14-13(15(26)28-4)10-7-8-24(3)9-11(10)30-14/h23H,5-9H2,1-4H3,(H,22,25)/t17-/m0/s1. The number of alkyl halides is 3. The van der Waals surface area contributed by atoms with Crippen molar-refractivity contribution in [3.63, 3.8) is 0 Å². The van der Waals surface area contributed by atoms with Gasteiger partial charge in [0.05, 0.1) is 19.3 Å². The first-order chi connectivity index (χ1) is 14.0. The minimum absolute atomic E-state index is 0.0747. The Morgan fingerprint density at radius 1 is 1.23 bits per heavy atom. The second-order valence-corrected chi connectivity index (χ2v) is 7.79. The van der Waals surface area contributed by atoms with Gasteiger partial charge in [0, 0.05) is 24.4 Å². The highest BCUT2D eigenvalue weighted by molar-refractivity contribution is 7.16. The fourth-order valence-electron chi connectivity index (χ4n) is 3.04. The molecule has 0 unspecified atom stereocenters. The summed E-state index contributed by atoms with van der Waals surface area (Å²) in [5, 5.41) is 3.61. The molecule has 1 aromatic rings. The number of ether oxygens (including phenoxy) is 2. The molecule has 8 nitrogen and oxygen atoms in total. The first kappa shape index (κ1) is 23.9. The summed E-state index contributed by atoms with van der Waals surface area (Å²) in [7, 11) is 2.96. The fourth-order valence-corrected chi connectivity index (χ4v) is 4.41. The zero-order valence-electron chi connectivity index (χ0n) is 17.1. The Morgan fingerprint density at radius 2 is 1.90 bits per heavy atom. The van der Waals surface area contributed by atoms with Gasteiger partial charge in [0.2, 0.25) is 5.91 Å². The Bertz CT molecular complexity index is 827. The average molecular weight is 451 g/mol. The number of esters is 2. The summed E-state index contributed by atoms with van der Waals surface area (Å²) in [5.74, 6) is -3.58. The molecule has 1 aliphatic heterocycles. The van der Waals surface area contributed by atoms with Crippen LogP contribution in [0.4, 0.5) is 18.2 Å². The topological polar surface area (TPSA) is 97.0 Å². The number of carbonyl (C=O) groups is 3. The predicted octanol–water partition coefficient (Wildman–Crippen LogP) is 2.28. The van der Waals surface area contributed by atoms with Crippen LogP contribution in [0.3, 0.4) is 0 Å². The van der Waals surface area contributed by atoms with E-state index in [1.54, 1.807) is 5.32 Å². The largest absolute Gasteiger partial charge is 0.465 e. The highest BCUT2D eigenvalue weighted by Crippen LogP contribution is 2.41. The maximum absolute atomic E-state index is 14.2. The zero-order chi connectivity index (χ0) is 22.7. The number of nitrogens with one attached hydrogen (secondary N) is 2. The lowest BCUT2D eigenvalue weighted by molar-refractivity contribution is -0.207. The van der Waals surface area contributed by atoms with Crippen molar-refractivity contribution < 1.29 is 37.0 Å². The Balaban J connectivity index is 2.65. The van der Waals surface area contributed by atoms with E-state index in [1.165, 1.54) is 13.8 Å². The average Bonchev–Trinajstić information content (AvgIpc) is 3.02. The maximum atomic E-state index is 14.2. The van der Waals surface area contributed by atoms with Gasteiger partial charge in [-0.15, -0.1) is 11.3 Å². The lowest BCUT2D eigenvalue weighted by Gasteiger charge is -2.35. The van der Waals surface area contributed by atoms with E-state index < -0.39 is 29.7 Å². The van der Waals surface area contributed by atoms with Crippen LogP contribution in [0.1, 0.15) is 41.1 Å². The Hall–Kier alpha value is -2.34. The van der Waals surface area contributed by atoms with Crippen molar-refractivity contribution in [1.29, 1.82) is 0 Å². The van der Waals surface area contributed by atoms with Crippen LogP contribution >= 0.6 is 11.3 Å². The number of hydrogen-bond acceptors (Lipinski definition) is 8. The minimum atomic E-state index is -5.27. The summed E-state index contributed by atoms with van der Waals surface area (Å²) in [6.07, 6.45) is -5.14. The molecule has 0 spiro atoms. The van der Waals surface area contributed by atoms with E-state index in [0.29, 0.717) is 30.0 Å². The van der Waals surface area contributed by atoms with Gasteiger partial charge in [-0.1, -0.05) is 6.92 Å². The zero-order valence-corrected chi connectivity index (χ0v) is 17.9. The van der Waals surface area contributed by atoms with E-state index in [1.807, 2.05) is 11.9 Å². The second-order valence-electron chi connectivity index (χ2n) is 6.68. The van der Waals surface area contributed by atoms with E-state index >= 15 is 0 Å². The molecule has 0 saturated heterocycles. The molecule has 1 atom stereocenters. The lowest BCUT2D eigenvalue weighted by atomic mass is 10.0. The third-order valence-corrected chi connectivity index (χ3v) is 5.73. The minimum Gasteiger partial charge on any atom is -0.465 e. The fraction of sp³-hybridized carbons (Fsp3) is 0.611. The number of anilines is 1. The van der Waals surface area contributed by atoms with Crippen molar-refractivity contribution in [2.45, 2.75) is 45.1 Å². The number of hydrogen-bond donors (Lipinski definition) is 2. The molecule has 1 aliphatic rings. The van der Waals surface area contributed by atoms with Gasteiger partial charge < -0.3 is 25.0 Å². The van der Waals surface area contributed by atoms with Crippen LogP contribution < -0.4 is 10.6 Å². The molecule has 0 bridgehead atoms. The molecule has 0 radical (unpaired) electrons. The van der Waals surface area contributed by atoms with Crippen molar-refractivity contribution in [3.05, 3.63) is 16.0 Å². The van der Waals surface area contributed by atoms with Gasteiger partial charge in [0.1, 0.15) is 5.00 Å². The smallest absolute Gasteiger partial charge is 0.441 e. The van der Waals surface area contributed by atoms with Crippen molar-refractivity contribution >= 4 is 34.2 Å². The van der Waals surface area contributed by atoms with Crippen LogP contribution in [0, 0.1) is 0 Å². The molecule has 0 aliphatic carbocycles. The van der Waals surface area contributed by atoms with Gasteiger partial charge >= 0.3 is 23.8 Å². The van der Waals surface area contributed by atoms with E-state index in [2.05, 4.69) is 10.1 Å². The van der Waals surface area contributed by atoms with E-state index in [4.69, 9.17) is 4.74 Å². The normalized spacial score (nSPS) is 16.2. The van der Waals surface area contributed by atoms with Gasteiger partial charge in [0.25, 0.3) is 0 Å². The van der Waals surface area contributed by atoms with Crippen molar-refractivity contribution in [3.8, 4) is 0 Å². The number of carbonyl (C=O) groups excluding carboxylic acids is 3. The van der Waals surface area contributed by atoms with Crippen LogP contribution in [0.15, 0.2) is 0 Å². The third kappa shape index (κ3) is 4.53. The Kier molecular flexibility index (Phi) is 7.35. The second kappa shape index (κ2) is 9.21. The summed E-state index contributed by atoms with van der Waals surface area (Å²) in [5.41, 5.74) is -3.07. The van der Waals surface area contributed by atoms with Crippen LogP contribution in [0.5, 0.6) is 0 Å². The SMILES string of the molecule is CCOC(=O)[C@](NC(=O)CC)(Nc1sc2c(c1C(=O)OC)CCN(C)C2)C(F)(F)F. The highest BCUT2D eigenvalue weighted by Gasteiger charge is 2.64. The van der Waals surface area contributed by atoms with Gasteiger partial charge in [-0.05, 0) is 26.0 Å². The van der Waals surface area contributed by atoms with E-state index in [0.717, 1.165) is 18.4 Å². The molecule has 0 saturated carbocycles. The Labute approximate surface area is 175 Å². The summed E-state index contributed by atoms with van der Waals surface area (Å²) in [6, 6.07) is 0. The van der Waals surface area contributed by atoms with Crippen LogP contribution in [0.25, 0.3) is 0 Å². The molecule has 2 rings (SSSR count). The van der Waals surface area contributed by atoms with E-state index in [-0.39, 0.29) is 23.6 Å². The molecule has 30 heavy (non-hydrogen) atoms. The number of amides is 1. The van der Waals surface area contributed by atoms with Crippen LogP contribution in [0.2, 0.25) is 0 Å². The van der Waals surface area contributed by atoms with Gasteiger partial charge in [0.15, 0.2) is 0 Å². The molecule has 1 aromatic heterocycles. The monoisotopic (exact) mass is 451 g/mol. The molecular weight excluding hydrogens is 427 g/mol. The number of methoxy groups -OCH3 is 1. The van der Waals surface area contributed by atoms with Gasteiger partial charge in [-0.3, -0.25) is 4.79 Å². The van der Waals surface area contributed by atoms with E-state index in [9.17, 15) is 27.6 Å². The summed E-state index contributed by atoms with van der Waals surface area (Å²) in [4.78, 5) is 39.4. The maximum Gasteiger partial charge on any atom is 0.441 e. The molecule has 168 valence electrons. The first-order valence-corrected chi connectivity index (χ1v) is 10.1. The molecule has 0 aromatic carbocycles.